The highest BCUT2D eigenvalue weighted by Gasteiger charge is 2.13. The van der Waals surface area contributed by atoms with Crippen LogP contribution in [0, 0.1) is 0 Å². The number of para-hydroxylation sites is 1. The van der Waals surface area contributed by atoms with E-state index in [0.29, 0.717) is 5.75 Å². The Hall–Kier alpha value is -1.51. The summed E-state index contributed by atoms with van der Waals surface area (Å²) in [4.78, 5) is 11.2. The largest absolute Gasteiger partial charge is 0.496 e. The van der Waals surface area contributed by atoms with Crippen LogP contribution >= 0.6 is 0 Å². The van der Waals surface area contributed by atoms with Crippen LogP contribution in [0.25, 0.3) is 0 Å². The summed E-state index contributed by atoms with van der Waals surface area (Å²) >= 11 is 0. The average molecular weight is 320 g/mol. The summed E-state index contributed by atoms with van der Waals surface area (Å²) in [6.45, 7) is 2.25. The van der Waals surface area contributed by atoms with Gasteiger partial charge in [0, 0.05) is 0 Å². The predicted molar refractivity (Wildman–Crippen MR) is 95.5 cm³/mol. The van der Waals surface area contributed by atoms with Gasteiger partial charge >= 0.3 is 5.97 Å². The van der Waals surface area contributed by atoms with Crippen LogP contribution < -0.4 is 4.74 Å². The monoisotopic (exact) mass is 320 g/mol. The number of aromatic carboxylic acids is 1. The van der Waals surface area contributed by atoms with Crippen molar-refractivity contribution in [2.24, 2.45) is 0 Å². The van der Waals surface area contributed by atoms with Crippen molar-refractivity contribution in [3.63, 3.8) is 0 Å². The molecule has 0 aliphatic carbocycles. The molecule has 0 radical (unpaired) electrons. The van der Waals surface area contributed by atoms with Crippen LogP contribution in [-0.4, -0.2) is 18.2 Å². The van der Waals surface area contributed by atoms with Gasteiger partial charge in [-0.05, 0) is 24.5 Å². The topological polar surface area (TPSA) is 46.5 Å². The lowest BCUT2D eigenvalue weighted by atomic mass is 10.0. The summed E-state index contributed by atoms with van der Waals surface area (Å²) in [5.74, 6) is -0.400. The number of benzene rings is 1. The molecule has 0 amide bonds. The van der Waals surface area contributed by atoms with Crippen LogP contribution in [-0.2, 0) is 6.42 Å². The van der Waals surface area contributed by atoms with E-state index in [1.807, 2.05) is 6.07 Å². The summed E-state index contributed by atoms with van der Waals surface area (Å²) in [5, 5.41) is 9.19. The fourth-order valence-electron chi connectivity index (χ4n) is 2.99. The summed E-state index contributed by atoms with van der Waals surface area (Å²) in [7, 11) is 1.55. The molecule has 1 rings (SSSR count). The average Bonchev–Trinajstić information content (AvgIpc) is 2.56. The SMILES string of the molecule is CCCCCCCCCCCCc1cccc(C(=O)O)c1OC. The number of carboxylic acids is 1. The first-order valence-electron chi connectivity index (χ1n) is 9.09. The number of unbranched alkanes of at least 4 members (excludes halogenated alkanes) is 9. The molecule has 3 nitrogen and oxygen atoms in total. The number of ether oxygens (including phenoxy) is 1. The highest BCUT2D eigenvalue weighted by Crippen LogP contribution is 2.25. The number of carboxylic acid groups (broad SMARTS) is 1. The van der Waals surface area contributed by atoms with Crippen molar-refractivity contribution < 1.29 is 14.6 Å². The molecule has 0 saturated heterocycles. The van der Waals surface area contributed by atoms with E-state index < -0.39 is 5.97 Å². The van der Waals surface area contributed by atoms with Crippen molar-refractivity contribution in [1.29, 1.82) is 0 Å². The third kappa shape index (κ3) is 7.54. The first-order chi connectivity index (χ1) is 11.2. The number of aryl methyl sites for hydroxylation is 1. The number of hydrogen-bond donors (Lipinski definition) is 1. The Morgan fingerprint density at radius 1 is 0.957 bits per heavy atom. The van der Waals surface area contributed by atoms with Crippen LogP contribution in [0.2, 0.25) is 0 Å². The predicted octanol–water partition coefficient (Wildman–Crippen LogP) is 5.86. The smallest absolute Gasteiger partial charge is 0.339 e. The van der Waals surface area contributed by atoms with Crippen molar-refractivity contribution in [3.05, 3.63) is 29.3 Å². The van der Waals surface area contributed by atoms with Gasteiger partial charge in [0.1, 0.15) is 11.3 Å². The van der Waals surface area contributed by atoms with E-state index in [4.69, 9.17) is 4.74 Å². The van der Waals surface area contributed by atoms with Crippen LogP contribution in [0.15, 0.2) is 18.2 Å². The summed E-state index contributed by atoms with van der Waals surface area (Å²) in [5.41, 5.74) is 1.27. The van der Waals surface area contributed by atoms with Crippen LogP contribution in [0.3, 0.4) is 0 Å². The molecule has 0 unspecified atom stereocenters. The third-order valence-corrected chi connectivity index (χ3v) is 4.33. The zero-order valence-corrected chi connectivity index (χ0v) is 14.8. The molecule has 3 heteroatoms. The minimum atomic E-state index is -0.924. The zero-order chi connectivity index (χ0) is 16.9. The van der Waals surface area contributed by atoms with Gasteiger partial charge in [-0.25, -0.2) is 4.79 Å². The highest BCUT2D eigenvalue weighted by atomic mass is 16.5. The molecule has 1 aromatic carbocycles. The molecule has 0 heterocycles. The molecule has 130 valence electrons. The zero-order valence-electron chi connectivity index (χ0n) is 14.8. The van der Waals surface area contributed by atoms with Gasteiger partial charge in [0.15, 0.2) is 0 Å². The molecular formula is C20H32O3. The minimum Gasteiger partial charge on any atom is -0.496 e. The van der Waals surface area contributed by atoms with Crippen LogP contribution in [0.1, 0.15) is 87.1 Å². The maximum absolute atomic E-state index is 11.2. The molecule has 0 saturated carbocycles. The molecule has 0 aliphatic rings. The van der Waals surface area contributed by atoms with Crippen molar-refractivity contribution in [1.82, 2.24) is 0 Å². The molecule has 23 heavy (non-hydrogen) atoms. The highest BCUT2D eigenvalue weighted by molar-refractivity contribution is 5.91. The fourth-order valence-corrected chi connectivity index (χ4v) is 2.99. The van der Waals surface area contributed by atoms with E-state index >= 15 is 0 Å². The molecule has 0 aliphatic heterocycles. The summed E-state index contributed by atoms with van der Waals surface area (Å²) in [6.07, 6.45) is 13.9. The normalized spacial score (nSPS) is 10.7. The van der Waals surface area contributed by atoms with Crippen LogP contribution in [0.4, 0.5) is 0 Å². The van der Waals surface area contributed by atoms with E-state index in [9.17, 15) is 9.90 Å². The molecule has 0 bridgehead atoms. The minimum absolute atomic E-state index is 0.261. The van der Waals surface area contributed by atoms with Crippen molar-refractivity contribution in [2.75, 3.05) is 7.11 Å². The maximum atomic E-state index is 11.2. The Bertz CT molecular complexity index is 454. The molecular weight excluding hydrogens is 288 g/mol. The second kappa shape index (κ2) is 12.0. The first kappa shape index (κ1) is 19.5. The fraction of sp³-hybridized carbons (Fsp3) is 0.650. The van der Waals surface area contributed by atoms with E-state index in [1.54, 1.807) is 19.2 Å². The van der Waals surface area contributed by atoms with Crippen molar-refractivity contribution in [2.45, 2.75) is 77.6 Å². The summed E-state index contributed by atoms with van der Waals surface area (Å²) in [6, 6.07) is 5.37. The van der Waals surface area contributed by atoms with E-state index in [-0.39, 0.29) is 5.56 Å². The lowest BCUT2D eigenvalue weighted by Crippen LogP contribution is -2.03. The van der Waals surface area contributed by atoms with Crippen LogP contribution in [0.5, 0.6) is 5.75 Å². The number of hydrogen-bond acceptors (Lipinski definition) is 2. The van der Waals surface area contributed by atoms with Crippen molar-refractivity contribution in [3.8, 4) is 5.75 Å². The molecule has 0 aromatic heterocycles. The Balaban J connectivity index is 2.21. The summed E-state index contributed by atoms with van der Waals surface area (Å²) < 4.78 is 5.30. The first-order valence-corrected chi connectivity index (χ1v) is 9.09. The quantitative estimate of drug-likeness (QED) is 0.463. The molecule has 1 N–H and O–H groups in total. The van der Waals surface area contributed by atoms with Gasteiger partial charge in [0.05, 0.1) is 7.11 Å². The van der Waals surface area contributed by atoms with Gasteiger partial charge in [-0.1, -0.05) is 76.8 Å². The van der Waals surface area contributed by atoms with Crippen molar-refractivity contribution >= 4 is 5.97 Å². The van der Waals surface area contributed by atoms with Gasteiger partial charge in [0.25, 0.3) is 0 Å². The van der Waals surface area contributed by atoms with Gasteiger partial charge in [-0.2, -0.15) is 0 Å². The lowest BCUT2D eigenvalue weighted by Gasteiger charge is -2.11. The molecule has 0 spiro atoms. The second-order valence-electron chi connectivity index (χ2n) is 6.24. The Morgan fingerprint density at radius 2 is 1.52 bits per heavy atom. The third-order valence-electron chi connectivity index (χ3n) is 4.33. The van der Waals surface area contributed by atoms with E-state index in [1.165, 1.54) is 57.8 Å². The number of rotatable bonds is 13. The van der Waals surface area contributed by atoms with Gasteiger partial charge in [-0.3, -0.25) is 0 Å². The molecule has 0 fully saturated rings. The van der Waals surface area contributed by atoms with E-state index in [2.05, 4.69) is 6.92 Å². The molecule has 0 atom stereocenters. The van der Waals surface area contributed by atoms with Gasteiger partial charge in [-0.15, -0.1) is 0 Å². The van der Waals surface area contributed by atoms with Gasteiger partial charge < -0.3 is 9.84 Å². The second-order valence-corrected chi connectivity index (χ2v) is 6.24. The number of carbonyl (C=O) groups is 1. The van der Waals surface area contributed by atoms with Gasteiger partial charge in [0.2, 0.25) is 0 Å². The standard InChI is InChI=1S/C20H32O3/c1-3-4-5-6-7-8-9-10-11-12-14-17-15-13-16-18(20(21)22)19(17)23-2/h13,15-16H,3-12,14H2,1-2H3,(H,21,22). The number of methoxy groups -OCH3 is 1. The lowest BCUT2D eigenvalue weighted by molar-refractivity contribution is 0.0693. The Labute approximate surface area is 141 Å². The Morgan fingerprint density at radius 3 is 2.04 bits per heavy atom. The Kier molecular flexibility index (Phi) is 10.2. The molecule has 1 aromatic rings. The van der Waals surface area contributed by atoms with E-state index in [0.717, 1.165) is 18.4 Å². The maximum Gasteiger partial charge on any atom is 0.339 e.